The first-order valence-electron chi connectivity index (χ1n) is 5.72. The van der Waals surface area contributed by atoms with Crippen LogP contribution in [0.1, 0.15) is 6.92 Å². The molecule has 0 aliphatic rings. The summed E-state index contributed by atoms with van der Waals surface area (Å²) in [7, 11) is 0. The van der Waals surface area contributed by atoms with Gasteiger partial charge in [0.1, 0.15) is 11.9 Å². The fraction of sp³-hybridized carbons (Fsp3) is 0.143. The molecule has 2 aromatic rings. The molecule has 2 rings (SSSR count). The minimum atomic E-state index is -0.103. The van der Waals surface area contributed by atoms with Gasteiger partial charge >= 0.3 is 0 Å². The number of carbonyl (C=O) groups excluding carboxylic acids is 1. The number of carbonyl (C=O) groups is 1. The standard InChI is InChI=1S/C14H13N3O2/c1-12(18)16-13-3-5-14(6-4-13)19-10-2-8-17-9-7-15-11-17/h3-7,9,11H,8H2,1H3,(H,16,18). The minimum Gasteiger partial charge on any atom is -0.408 e. The normalized spacial score (nSPS) is 9.32. The highest BCUT2D eigenvalue weighted by Gasteiger charge is 1.96. The lowest BCUT2D eigenvalue weighted by atomic mass is 10.3. The Kier molecular flexibility index (Phi) is 4.19. The van der Waals surface area contributed by atoms with E-state index in [9.17, 15) is 4.79 Å². The first kappa shape index (κ1) is 12.7. The van der Waals surface area contributed by atoms with E-state index in [0.717, 1.165) is 5.69 Å². The Morgan fingerprint density at radius 2 is 2.21 bits per heavy atom. The maximum absolute atomic E-state index is 10.8. The summed E-state index contributed by atoms with van der Waals surface area (Å²) in [5, 5.41) is 2.68. The van der Waals surface area contributed by atoms with E-state index >= 15 is 0 Å². The van der Waals surface area contributed by atoms with Gasteiger partial charge in [0, 0.05) is 25.0 Å². The minimum absolute atomic E-state index is 0.103. The van der Waals surface area contributed by atoms with Crippen molar-refractivity contribution in [2.75, 3.05) is 5.32 Å². The van der Waals surface area contributed by atoms with Crippen LogP contribution in [0.25, 0.3) is 0 Å². The van der Waals surface area contributed by atoms with Crippen molar-refractivity contribution in [2.24, 2.45) is 0 Å². The van der Waals surface area contributed by atoms with Crippen LogP contribution in [-0.4, -0.2) is 15.5 Å². The lowest BCUT2D eigenvalue weighted by Crippen LogP contribution is -2.05. The Balaban J connectivity index is 1.86. The van der Waals surface area contributed by atoms with E-state index in [1.54, 1.807) is 36.8 Å². The second-order valence-corrected chi connectivity index (χ2v) is 3.82. The maximum Gasteiger partial charge on any atom is 0.221 e. The highest BCUT2D eigenvalue weighted by molar-refractivity contribution is 5.88. The highest BCUT2D eigenvalue weighted by atomic mass is 16.5. The molecule has 0 aliphatic carbocycles. The number of benzene rings is 1. The third-order valence-corrected chi connectivity index (χ3v) is 2.24. The lowest BCUT2D eigenvalue weighted by molar-refractivity contribution is -0.114. The van der Waals surface area contributed by atoms with Crippen LogP contribution in [0.3, 0.4) is 0 Å². The van der Waals surface area contributed by atoms with Crippen molar-refractivity contribution in [3.05, 3.63) is 43.0 Å². The fourth-order valence-corrected chi connectivity index (χ4v) is 1.41. The second-order valence-electron chi connectivity index (χ2n) is 3.82. The molecule has 0 unspecified atom stereocenters. The van der Waals surface area contributed by atoms with E-state index in [-0.39, 0.29) is 5.91 Å². The molecule has 0 fully saturated rings. The monoisotopic (exact) mass is 255 g/mol. The molecule has 96 valence electrons. The van der Waals surface area contributed by atoms with Gasteiger partial charge in [-0.3, -0.25) is 4.79 Å². The SMILES string of the molecule is CC(=O)Nc1ccc(OC#CCn2ccnc2)cc1. The Bertz CT molecular complexity index is 592. The number of aromatic nitrogens is 2. The van der Waals surface area contributed by atoms with Crippen molar-refractivity contribution in [2.45, 2.75) is 13.5 Å². The average Bonchev–Trinajstić information content (AvgIpc) is 2.89. The van der Waals surface area contributed by atoms with Crippen LogP contribution in [0.5, 0.6) is 5.75 Å². The van der Waals surface area contributed by atoms with E-state index in [4.69, 9.17) is 4.74 Å². The molecule has 0 aliphatic heterocycles. The van der Waals surface area contributed by atoms with Crippen molar-refractivity contribution >= 4 is 11.6 Å². The van der Waals surface area contributed by atoms with Gasteiger partial charge in [0.15, 0.2) is 0 Å². The predicted molar refractivity (Wildman–Crippen MR) is 71.4 cm³/mol. The summed E-state index contributed by atoms with van der Waals surface area (Å²) in [6.07, 6.45) is 7.83. The molecule has 5 nitrogen and oxygen atoms in total. The number of imidazole rings is 1. The molecule has 1 aromatic carbocycles. The Labute approximate surface area is 111 Å². The summed E-state index contributed by atoms with van der Waals surface area (Å²) in [6, 6.07) is 7.01. The smallest absolute Gasteiger partial charge is 0.221 e. The van der Waals surface area contributed by atoms with Gasteiger partial charge in [-0.15, -0.1) is 0 Å². The maximum atomic E-state index is 10.8. The summed E-state index contributed by atoms with van der Waals surface area (Å²) in [6.45, 7) is 2.00. The second kappa shape index (κ2) is 6.26. The van der Waals surface area contributed by atoms with Crippen molar-refractivity contribution in [1.29, 1.82) is 0 Å². The molecule has 1 amide bonds. The molecule has 5 heteroatoms. The molecule has 0 saturated carbocycles. The topological polar surface area (TPSA) is 56.1 Å². The summed E-state index contributed by atoms with van der Waals surface area (Å²) in [5.74, 6) is 3.39. The quantitative estimate of drug-likeness (QED) is 0.852. The van der Waals surface area contributed by atoms with Crippen LogP contribution in [-0.2, 0) is 11.3 Å². The predicted octanol–water partition coefficient (Wildman–Crippen LogP) is 1.88. The van der Waals surface area contributed by atoms with Crippen molar-refractivity contribution in [3.63, 3.8) is 0 Å². The van der Waals surface area contributed by atoms with E-state index in [2.05, 4.69) is 22.3 Å². The molecule has 1 N–H and O–H groups in total. The first-order valence-corrected chi connectivity index (χ1v) is 5.72. The zero-order valence-electron chi connectivity index (χ0n) is 10.5. The van der Waals surface area contributed by atoms with Crippen LogP contribution in [0, 0.1) is 12.0 Å². The molecule has 0 spiro atoms. The largest absolute Gasteiger partial charge is 0.408 e. The summed E-state index contributed by atoms with van der Waals surface area (Å²) >= 11 is 0. The van der Waals surface area contributed by atoms with Crippen LogP contribution in [0.4, 0.5) is 5.69 Å². The van der Waals surface area contributed by atoms with Crippen molar-refractivity contribution in [1.82, 2.24) is 9.55 Å². The van der Waals surface area contributed by atoms with Gasteiger partial charge in [0.25, 0.3) is 0 Å². The Hall–Kier alpha value is -2.74. The Morgan fingerprint density at radius 3 is 2.84 bits per heavy atom. The van der Waals surface area contributed by atoms with Gasteiger partial charge in [0.05, 0.1) is 12.9 Å². The number of rotatable bonds is 3. The Morgan fingerprint density at radius 1 is 1.42 bits per heavy atom. The van der Waals surface area contributed by atoms with Crippen molar-refractivity contribution in [3.8, 4) is 17.8 Å². The van der Waals surface area contributed by atoms with Gasteiger partial charge in [-0.25, -0.2) is 4.98 Å². The molecule has 0 saturated heterocycles. The van der Waals surface area contributed by atoms with E-state index in [1.165, 1.54) is 6.92 Å². The zero-order valence-corrected chi connectivity index (χ0v) is 10.5. The summed E-state index contributed by atoms with van der Waals surface area (Å²) in [5.41, 5.74) is 0.728. The van der Waals surface area contributed by atoms with E-state index < -0.39 is 0 Å². The number of hydrogen-bond donors (Lipinski definition) is 1. The number of ether oxygens (including phenoxy) is 1. The van der Waals surface area contributed by atoms with E-state index in [0.29, 0.717) is 12.3 Å². The number of nitrogens with one attached hydrogen (secondary N) is 1. The number of amides is 1. The third-order valence-electron chi connectivity index (χ3n) is 2.24. The number of anilines is 1. The number of hydrogen-bond acceptors (Lipinski definition) is 3. The number of nitrogens with zero attached hydrogens (tertiary/aromatic N) is 2. The van der Waals surface area contributed by atoms with Gasteiger partial charge in [-0.1, -0.05) is 0 Å². The highest BCUT2D eigenvalue weighted by Crippen LogP contribution is 2.15. The molecule has 19 heavy (non-hydrogen) atoms. The summed E-state index contributed by atoms with van der Waals surface area (Å²) in [4.78, 5) is 14.8. The average molecular weight is 255 g/mol. The van der Waals surface area contributed by atoms with Crippen LogP contribution in [0.15, 0.2) is 43.0 Å². The molecular formula is C14H13N3O2. The van der Waals surface area contributed by atoms with Crippen LogP contribution < -0.4 is 10.1 Å². The van der Waals surface area contributed by atoms with Crippen LogP contribution in [0.2, 0.25) is 0 Å². The van der Waals surface area contributed by atoms with Crippen molar-refractivity contribution < 1.29 is 9.53 Å². The molecule has 1 heterocycles. The molecule has 0 bridgehead atoms. The fourth-order valence-electron chi connectivity index (χ4n) is 1.41. The van der Waals surface area contributed by atoms with Gasteiger partial charge in [-0.2, -0.15) is 0 Å². The van der Waals surface area contributed by atoms with Gasteiger partial charge < -0.3 is 14.6 Å². The molecule has 0 radical (unpaired) electrons. The van der Waals surface area contributed by atoms with Gasteiger partial charge in [-0.05, 0) is 30.2 Å². The first-order chi connectivity index (χ1) is 9.24. The lowest BCUT2D eigenvalue weighted by Gasteiger charge is -2.02. The summed E-state index contributed by atoms with van der Waals surface area (Å²) < 4.78 is 7.10. The van der Waals surface area contributed by atoms with Crippen LogP contribution >= 0.6 is 0 Å². The molecular weight excluding hydrogens is 242 g/mol. The molecule has 1 aromatic heterocycles. The molecule has 0 atom stereocenters. The third kappa shape index (κ3) is 4.21. The zero-order chi connectivity index (χ0) is 13.5. The van der Waals surface area contributed by atoms with E-state index in [1.807, 2.05) is 10.8 Å². The van der Waals surface area contributed by atoms with Gasteiger partial charge in [0.2, 0.25) is 5.91 Å².